The lowest BCUT2D eigenvalue weighted by atomic mass is 9.75. The molecule has 1 aromatic carbocycles. The highest BCUT2D eigenvalue weighted by Crippen LogP contribution is 2.37. The quantitative estimate of drug-likeness (QED) is 0.731. The van der Waals surface area contributed by atoms with Crippen molar-refractivity contribution >= 4 is 17.9 Å². The number of halogens is 1. The van der Waals surface area contributed by atoms with Gasteiger partial charge < -0.3 is 4.74 Å². The summed E-state index contributed by atoms with van der Waals surface area (Å²) in [6.07, 6.45) is 4.59. The number of benzene rings is 1. The molecule has 0 spiro atoms. The first-order valence-corrected chi connectivity index (χ1v) is 7.80. The zero-order valence-electron chi connectivity index (χ0n) is 12.4. The first-order valence-electron chi connectivity index (χ1n) is 7.42. The van der Waals surface area contributed by atoms with Crippen molar-refractivity contribution in [3.8, 4) is 5.75 Å². The van der Waals surface area contributed by atoms with Gasteiger partial charge in [0.05, 0.1) is 5.02 Å². The minimum absolute atomic E-state index is 0.221. The maximum absolute atomic E-state index is 10.7. The molecule has 0 amide bonds. The highest BCUT2D eigenvalue weighted by molar-refractivity contribution is 6.32. The normalized spacial score (nSPS) is 26.6. The fraction of sp³-hybridized carbons (Fsp3) is 0.588. The fourth-order valence-electron chi connectivity index (χ4n) is 3.10. The summed E-state index contributed by atoms with van der Waals surface area (Å²) < 4.78 is 6.18. The second-order valence-corrected chi connectivity index (χ2v) is 6.70. The third-order valence-corrected chi connectivity index (χ3v) is 4.63. The van der Waals surface area contributed by atoms with Crippen LogP contribution >= 0.6 is 11.6 Å². The molecule has 3 heteroatoms. The van der Waals surface area contributed by atoms with E-state index in [1.807, 2.05) is 6.07 Å². The van der Waals surface area contributed by atoms with Crippen molar-refractivity contribution in [1.29, 1.82) is 0 Å². The summed E-state index contributed by atoms with van der Waals surface area (Å²) >= 11 is 6.21. The molecule has 2 rings (SSSR count). The number of hydrogen-bond acceptors (Lipinski definition) is 2. The van der Waals surface area contributed by atoms with Gasteiger partial charge in [-0.1, -0.05) is 38.8 Å². The molecule has 3 atom stereocenters. The fourth-order valence-corrected chi connectivity index (χ4v) is 3.33. The molecule has 3 unspecified atom stereocenters. The summed E-state index contributed by atoms with van der Waals surface area (Å²) in [7, 11) is 0. The smallest absolute Gasteiger partial charge is 0.150 e. The van der Waals surface area contributed by atoms with Crippen LogP contribution in [0.2, 0.25) is 5.02 Å². The van der Waals surface area contributed by atoms with Crippen LogP contribution in [0.1, 0.15) is 50.4 Å². The number of ether oxygens (including phenoxy) is 1. The van der Waals surface area contributed by atoms with E-state index in [4.69, 9.17) is 16.3 Å². The van der Waals surface area contributed by atoms with Crippen molar-refractivity contribution in [3.05, 3.63) is 28.8 Å². The van der Waals surface area contributed by atoms with Gasteiger partial charge in [0.25, 0.3) is 0 Å². The van der Waals surface area contributed by atoms with E-state index in [9.17, 15) is 4.79 Å². The predicted molar refractivity (Wildman–Crippen MR) is 82.6 cm³/mol. The monoisotopic (exact) mass is 294 g/mol. The zero-order chi connectivity index (χ0) is 14.7. The van der Waals surface area contributed by atoms with Crippen LogP contribution in [0.25, 0.3) is 0 Å². The molecule has 0 radical (unpaired) electrons. The van der Waals surface area contributed by atoms with E-state index in [1.54, 1.807) is 12.1 Å². The second kappa shape index (κ2) is 6.62. The number of rotatable bonds is 4. The van der Waals surface area contributed by atoms with Gasteiger partial charge in [0.1, 0.15) is 18.1 Å². The Hall–Kier alpha value is -1.02. The molecule has 2 nitrogen and oxygen atoms in total. The third-order valence-electron chi connectivity index (χ3n) is 4.33. The molecule has 0 heterocycles. The maximum atomic E-state index is 10.7. The van der Waals surface area contributed by atoms with E-state index in [-0.39, 0.29) is 6.10 Å². The SMILES string of the molecule is CC1CCC(C(C)C)C(Oc2ccc(C=O)cc2Cl)C1. The summed E-state index contributed by atoms with van der Waals surface area (Å²) in [4.78, 5) is 10.7. The summed E-state index contributed by atoms with van der Waals surface area (Å²) in [6.45, 7) is 6.80. The van der Waals surface area contributed by atoms with Gasteiger partial charge >= 0.3 is 0 Å². The Labute approximate surface area is 126 Å². The number of carbonyl (C=O) groups is 1. The first kappa shape index (κ1) is 15.4. The van der Waals surface area contributed by atoms with Crippen molar-refractivity contribution in [1.82, 2.24) is 0 Å². The maximum Gasteiger partial charge on any atom is 0.150 e. The van der Waals surface area contributed by atoms with Crippen molar-refractivity contribution in [2.24, 2.45) is 17.8 Å². The Kier molecular flexibility index (Phi) is 5.09. The molecule has 0 N–H and O–H groups in total. The van der Waals surface area contributed by atoms with Gasteiger partial charge in [-0.05, 0) is 48.8 Å². The van der Waals surface area contributed by atoms with Gasteiger partial charge in [-0.15, -0.1) is 0 Å². The van der Waals surface area contributed by atoms with Crippen LogP contribution in [0.4, 0.5) is 0 Å². The summed E-state index contributed by atoms with van der Waals surface area (Å²) in [5, 5.41) is 0.523. The largest absolute Gasteiger partial charge is 0.489 e. The van der Waals surface area contributed by atoms with E-state index in [1.165, 1.54) is 12.8 Å². The predicted octanol–water partition coefficient (Wildman–Crippen LogP) is 4.99. The van der Waals surface area contributed by atoms with Crippen molar-refractivity contribution in [2.75, 3.05) is 0 Å². The van der Waals surface area contributed by atoms with Crippen molar-refractivity contribution in [3.63, 3.8) is 0 Å². The standard InChI is InChI=1S/C17H23ClO2/c1-11(2)14-6-4-12(3)8-17(14)20-16-7-5-13(10-19)9-15(16)18/h5,7,9-12,14,17H,4,6,8H2,1-3H3. The molecule has 110 valence electrons. The Morgan fingerprint density at radius 1 is 1.35 bits per heavy atom. The van der Waals surface area contributed by atoms with E-state index < -0.39 is 0 Å². The number of carbonyl (C=O) groups excluding carboxylic acids is 1. The van der Waals surface area contributed by atoms with Crippen LogP contribution in [-0.2, 0) is 0 Å². The highest BCUT2D eigenvalue weighted by Gasteiger charge is 2.32. The minimum atomic E-state index is 0.221. The molecule has 1 aliphatic carbocycles. The van der Waals surface area contributed by atoms with Gasteiger partial charge in [0.15, 0.2) is 0 Å². The van der Waals surface area contributed by atoms with Crippen molar-refractivity contribution < 1.29 is 9.53 Å². The number of aldehydes is 1. The molecular weight excluding hydrogens is 272 g/mol. The van der Waals surface area contributed by atoms with E-state index in [2.05, 4.69) is 20.8 Å². The Bertz CT molecular complexity index is 470. The van der Waals surface area contributed by atoms with Crippen LogP contribution in [-0.4, -0.2) is 12.4 Å². The third kappa shape index (κ3) is 3.54. The lowest BCUT2D eigenvalue weighted by Crippen LogP contribution is -2.36. The zero-order valence-corrected chi connectivity index (χ0v) is 13.2. The average molecular weight is 295 g/mol. The molecule has 1 saturated carbocycles. The van der Waals surface area contributed by atoms with Crippen LogP contribution in [0.3, 0.4) is 0 Å². The summed E-state index contributed by atoms with van der Waals surface area (Å²) in [5.41, 5.74) is 0.583. The first-order chi connectivity index (χ1) is 9.51. The van der Waals surface area contributed by atoms with Crippen LogP contribution in [0.5, 0.6) is 5.75 Å². The average Bonchev–Trinajstić information content (AvgIpc) is 2.40. The number of hydrogen-bond donors (Lipinski definition) is 0. The molecule has 1 aliphatic rings. The summed E-state index contributed by atoms with van der Waals surface area (Å²) in [6, 6.07) is 5.23. The van der Waals surface area contributed by atoms with Gasteiger partial charge in [-0.25, -0.2) is 0 Å². The van der Waals surface area contributed by atoms with E-state index in [0.29, 0.717) is 34.1 Å². The van der Waals surface area contributed by atoms with E-state index >= 15 is 0 Å². The molecule has 1 aromatic rings. The summed E-state index contributed by atoms with van der Waals surface area (Å²) in [5.74, 6) is 2.58. The van der Waals surface area contributed by atoms with Crippen molar-refractivity contribution in [2.45, 2.75) is 46.1 Å². The van der Waals surface area contributed by atoms with Crippen LogP contribution in [0.15, 0.2) is 18.2 Å². The van der Waals surface area contributed by atoms with E-state index in [0.717, 1.165) is 12.7 Å². The lowest BCUT2D eigenvalue weighted by Gasteiger charge is -2.37. The second-order valence-electron chi connectivity index (χ2n) is 6.29. The molecule has 0 saturated heterocycles. The molecule has 1 fully saturated rings. The topological polar surface area (TPSA) is 26.3 Å². The molecule has 0 bridgehead atoms. The van der Waals surface area contributed by atoms with Gasteiger partial charge in [0.2, 0.25) is 0 Å². The van der Waals surface area contributed by atoms with Gasteiger partial charge in [0, 0.05) is 5.56 Å². The van der Waals surface area contributed by atoms with Crippen LogP contribution < -0.4 is 4.74 Å². The Morgan fingerprint density at radius 3 is 2.70 bits per heavy atom. The molecular formula is C17H23ClO2. The Morgan fingerprint density at radius 2 is 2.10 bits per heavy atom. The molecule has 20 heavy (non-hydrogen) atoms. The minimum Gasteiger partial charge on any atom is -0.489 e. The molecule has 0 aromatic heterocycles. The van der Waals surface area contributed by atoms with Gasteiger partial charge in [-0.3, -0.25) is 4.79 Å². The van der Waals surface area contributed by atoms with Gasteiger partial charge in [-0.2, -0.15) is 0 Å². The molecule has 0 aliphatic heterocycles. The lowest BCUT2D eigenvalue weighted by molar-refractivity contribution is 0.0461. The highest BCUT2D eigenvalue weighted by atomic mass is 35.5. The Balaban J connectivity index is 2.15. The van der Waals surface area contributed by atoms with Crippen LogP contribution in [0, 0.1) is 17.8 Å².